The predicted octanol–water partition coefficient (Wildman–Crippen LogP) is 2.01. The molecule has 2 heterocycles. The van der Waals surface area contributed by atoms with Gasteiger partial charge >= 0.3 is 0 Å². The van der Waals surface area contributed by atoms with Crippen molar-refractivity contribution in [1.82, 2.24) is 9.55 Å². The first-order valence-corrected chi connectivity index (χ1v) is 5.71. The number of fused-ring (bicyclic) bond motifs is 1. The monoisotopic (exact) mass is 206 g/mol. The van der Waals surface area contributed by atoms with E-state index in [1.165, 1.54) is 0 Å². The van der Waals surface area contributed by atoms with E-state index < -0.39 is 0 Å². The van der Waals surface area contributed by atoms with E-state index in [1.54, 1.807) is 0 Å². The normalized spacial score (nSPS) is 15.5. The second kappa shape index (κ2) is 3.80. The second-order valence-corrected chi connectivity index (χ2v) is 4.60. The zero-order valence-corrected chi connectivity index (χ0v) is 9.71. The molecule has 0 aliphatic carbocycles. The summed E-state index contributed by atoms with van der Waals surface area (Å²) in [4.78, 5) is 16.8. The Hall–Kier alpha value is -1.12. The van der Waals surface area contributed by atoms with Crippen molar-refractivity contribution in [2.24, 2.45) is 0 Å². The minimum Gasteiger partial charge on any atom is -0.296 e. The molecule has 0 fully saturated rings. The Balaban J connectivity index is 2.65. The van der Waals surface area contributed by atoms with Crippen molar-refractivity contribution in [3.05, 3.63) is 27.4 Å². The van der Waals surface area contributed by atoms with Crippen molar-refractivity contribution < 1.29 is 0 Å². The van der Waals surface area contributed by atoms with Crippen LogP contribution in [0.4, 0.5) is 0 Å². The van der Waals surface area contributed by atoms with E-state index in [1.807, 2.05) is 11.5 Å². The molecule has 0 amide bonds. The minimum atomic E-state index is 0.187. The molecule has 15 heavy (non-hydrogen) atoms. The number of rotatable bonds is 1. The van der Waals surface area contributed by atoms with Gasteiger partial charge in [0.05, 0.1) is 0 Å². The van der Waals surface area contributed by atoms with Crippen LogP contribution >= 0.6 is 0 Å². The van der Waals surface area contributed by atoms with E-state index in [2.05, 4.69) is 18.8 Å². The summed E-state index contributed by atoms with van der Waals surface area (Å²) in [5.74, 6) is 1.25. The molecule has 0 spiro atoms. The molecule has 2 rings (SSSR count). The maximum Gasteiger partial charge on any atom is 0.257 e. The third-order valence-electron chi connectivity index (χ3n) is 3.08. The van der Waals surface area contributed by atoms with E-state index in [0.717, 1.165) is 42.9 Å². The molecule has 1 aromatic rings. The van der Waals surface area contributed by atoms with Crippen LogP contribution in [-0.4, -0.2) is 9.55 Å². The number of nitrogens with zero attached hydrogens (tertiary/aromatic N) is 2. The van der Waals surface area contributed by atoms with Gasteiger partial charge in [0.1, 0.15) is 5.82 Å². The Labute approximate surface area is 90.2 Å². The fraction of sp³-hybridized carbons (Fsp3) is 0.667. The fourth-order valence-electron chi connectivity index (χ4n) is 2.37. The van der Waals surface area contributed by atoms with E-state index in [-0.39, 0.29) is 11.5 Å². The van der Waals surface area contributed by atoms with Gasteiger partial charge in [-0.25, -0.2) is 4.98 Å². The molecule has 3 nitrogen and oxygen atoms in total. The molecule has 3 heteroatoms. The highest BCUT2D eigenvalue weighted by molar-refractivity contribution is 5.21. The first-order chi connectivity index (χ1) is 7.11. The Kier molecular flexibility index (Phi) is 2.63. The maximum atomic E-state index is 12.2. The van der Waals surface area contributed by atoms with Crippen LogP contribution in [0.15, 0.2) is 4.79 Å². The van der Waals surface area contributed by atoms with E-state index in [0.29, 0.717) is 0 Å². The highest BCUT2D eigenvalue weighted by Gasteiger charge is 2.18. The molecule has 0 atom stereocenters. The third kappa shape index (κ3) is 1.71. The fourth-order valence-corrected chi connectivity index (χ4v) is 2.37. The van der Waals surface area contributed by atoms with Crippen molar-refractivity contribution in [2.45, 2.75) is 52.5 Å². The van der Waals surface area contributed by atoms with Crippen LogP contribution in [0.5, 0.6) is 0 Å². The molecule has 1 aliphatic rings. The smallest absolute Gasteiger partial charge is 0.257 e. The maximum absolute atomic E-state index is 12.2. The van der Waals surface area contributed by atoms with Crippen molar-refractivity contribution in [3.8, 4) is 0 Å². The molecular formula is C12H18N2O. The van der Waals surface area contributed by atoms with Crippen LogP contribution in [0, 0.1) is 6.92 Å². The van der Waals surface area contributed by atoms with Gasteiger partial charge in [-0.3, -0.25) is 9.36 Å². The van der Waals surface area contributed by atoms with Gasteiger partial charge in [-0.2, -0.15) is 0 Å². The van der Waals surface area contributed by atoms with Crippen LogP contribution in [0.2, 0.25) is 0 Å². The summed E-state index contributed by atoms with van der Waals surface area (Å²) in [6.07, 6.45) is 3.22. The van der Waals surface area contributed by atoms with Gasteiger partial charge in [-0.15, -0.1) is 0 Å². The lowest BCUT2D eigenvalue weighted by molar-refractivity contribution is 0.487. The molecule has 0 radical (unpaired) electrons. The Morgan fingerprint density at radius 2 is 2.07 bits per heavy atom. The summed E-state index contributed by atoms with van der Waals surface area (Å²) in [6.45, 7) is 6.91. The summed E-state index contributed by atoms with van der Waals surface area (Å²) in [6, 6.07) is 0. The summed E-state index contributed by atoms with van der Waals surface area (Å²) < 4.78 is 1.87. The van der Waals surface area contributed by atoms with Gasteiger partial charge in [0, 0.05) is 24.2 Å². The van der Waals surface area contributed by atoms with E-state index in [9.17, 15) is 4.79 Å². The molecule has 0 bridgehead atoms. The first-order valence-electron chi connectivity index (χ1n) is 5.71. The van der Waals surface area contributed by atoms with Crippen molar-refractivity contribution in [2.75, 3.05) is 0 Å². The highest BCUT2D eigenvalue weighted by Crippen LogP contribution is 2.17. The summed E-state index contributed by atoms with van der Waals surface area (Å²) in [7, 11) is 0. The van der Waals surface area contributed by atoms with Crippen LogP contribution in [0.25, 0.3) is 0 Å². The van der Waals surface area contributed by atoms with Gasteiger partial charge in [0.25, 0.3) is 5.56 Å². The highest BCUT2D eigenvalue weighted by atomic mass is 16.1. The molecule has 0 N–H and O–H groups in total. The van der Waals surface area contributed by atoms with Gasteiger partial charge in [-0.1, -0.05) is 13.8 Å². The average Bonchev–Trinajstić information content (AvgIpc) is 2.17. The lowest BCUT2D eigenvalue weighted by Crippen LogP contribution is -2.32. The SMILES string of the molecule is Cc1nc2n(c(=O)c1C(C)C)CCCC2. The number of hydrogen-bond acceptors (Lipinski definition) is 2. The average molecular weight is 206 g/mol. The second-order valence-electron chi connectivity index (χ2n) is 4.60. The summed E-state index contributed by atoms with van der Waals surface area (Å²) in [5.41, 5.74) is 2.00. The van der Waals surface area contributed by atoms with Crippen molar-refractivity contribution in [1.29, 1.82) is 0 Å². The number of aryl methyl sites for hydroxylation is 2. The molecule has 0 saturated heterocycles. The lowest BCUT2D eigenvalue weighted by Gasteiger charge is -2.20. The number of aromatic nitrogens is 2. The molecule has 0 saturated carbocycles. The van der Waals surface area contributed by atoms with Gasteiger partial charge in [0.2, 0.25) is 0 Å². The molecule has 82 valence electrons. The Bertz CT molecular complexity index is 432. The predicted molar refractivity (Wildman–Crippen MR) is 60.3 cm³/mol. The molecule has 1 aliphatic heterocycles. The standard InChI is InChI=1S/C12H18N2O/c1-8(2)11-9(3)13-10-6-4-5-7-14(10)12(11)15/h8H,4-7H2,1-3H3. The molecular weight excluding hydrogens is 188 g/mol. The summed E-state index contributed by atoms with van der Waals surface area (Å²) >= 11 is 0. The molecule has 1 aromatic heterocycles. The number of hydrogen-bond donors (Lipinski definition) is 0. The topological polar surface area (TPSA) is 34.9 Å². The Morgan fingerprint density at radius 3 is 2.73 bits per heavy atom. The van der Waals surface area contributed by atoms with Gasteiger partial charge in [-0.05, 0) is 25.7 Å². The molecule has 0 unspecified atom stereocenters. The van der Waals surface area contributed by atoms with Crippen LogP contribution in [0.3, 0.4) is 0 Å². The van der Waals surface area contributed by atoms with Gasteiger partial charge in [0.15, 0.2) is 0 Å². The Morgan fingerprint density at radius 1 is 1.33 bits per heavy atom. The zero-order valence-electron chi connectivity index (χ0n) is 9.71. The van der Waals surface area contributed by atoms with Crippen LogP contribution < -0.4 is 5.56 Å². The first kappa shape index (κ1) is 10.4. The van der Waals surface area contributed by atoms with E-state index >= 15 is 0 Å². The minimum absolute atomic E-state index is 0.187. The largest absolute Gasteiger partial charge is 0.296 e. The quantitative estimate of drug-likeness (QED) is 0.704. The summed E-state index contributed by atoms with van der Waals surface area (Å²) in [5, 5.41) is 0. The van der Waals surface area contributed by atoms with E-state index in [4.69, 9.17) is 0 Å². The lowest BCUT2D eigenvalue weighted by atomic mass is 10.0. The van der Waals surface area contributed by atoms with Crippen molar-refractivity contribution in [3.63, 3.8) is 0 Å². The molecule has 0 aromatic carbocycles. The van der Waals surface area contributed by atoms with Gasteiger partial charge < -0.3 is 0 Å². The van der Waals surface area contributed by atoms with Crippen molar-refractivity contribution >= 4 is 0 Å². The zero-order chi connectivity index (χ0) is 11.0. The third-order valence-corrected chi connectivity index (χ3v) is 3.08. The van der Waals surface area contributed by atoms with Crippen LogP contribution in [0.1, 0.15) is 49.7 Å². The van der Waals surface area contributed by atoms with Crippen LogP contribution in [-0.2, 0) is 13.0 Å².